The van der Waals surface area contributed by atoms with Crippen molar-refractivity contribution in [1.29, 1.82) is 0 Å². The minimum atomic E-state index is -2.91. The molecule has 0 spiro atoms. The molecule has 9 heteroatoms. The highest BCUT2D eigenvalue weighted by molar-refractivity contribution is 7.07. The molecule has 0 bridgehead atoms. The number of esters is 1. The fraction of sp³-hybridized carbons (Fsp3) is 0.174. The summed E-state index contributed by atoms with van der Waals surface area (Å²) in [6, 6.07) is 14.5. The summed E-state index contributed by atoms with van der Waals surface area (Å²) in [5.74, 6) is -0.523. The van der Waals surface area contributed by atoms with Gasteiger partial charge in [-0.05, 0) is 36.3 Å². The minimum Gasteiger partial charge on any atom is -0.466 e. The number of halogens is 2. The number of thiazole rings is 1. The highest BCUT2D eigenvalue weighted by Gasteiger charge is 2.32. The normalized spacial score (nSPS) is 16.0. The first-order valence-corrected chi connectivity index (χ1v) is 10.4. The van der Waals surface area contributed by atoms with Gasteiger partial charge >= 0.3 is 12.6 Å². The van der Waals surface area contributed by atoms with Crippen LogP contribution in [0.25, 0.3) is 6.08 Å². The van der Waals surface area contributed by atoms with Crippen LogP contribution in [0.5, 0.6) is 5.75 Å². The second-order valence-electron chi connectivity index (χ2n) is 6.93. The van der Waals surface area contributed by atoms with Crippen LogP contribution in [0.4, 0.5) is 8.78 Å². The van der Waals surface area contributed by atoms with E-state index in [-0.39, 0.29) is 11.3 Å². The van der Waals surface area contributed by atoms with Gasteiger partial charge in [0.15, 0.2) is 4.80 Å². The first kappa shape index (κ1) is 21.6. The van der Waals surface area contributed by atoms with Gasteiger partial charge in [-0.15, -0.1) is 0 Å². The molecule has 1 aromatic heterocycles. The Kier molecular flexibility index (Phi) is 6.00. The number of hydrogen-bond donors (Lipinski definition) is 0. The van der Waals surface area contributed by atoms with Crippen molar-refractivity contribution in [1.82, 2.24) is 4.57 Å². The van der Waals surface area contributed by atoms with E-state index in [9.17, 15) is 18.4 Å². The Morgan fingerprint density at radius 1 is 1.16 bits per heavy atom. The smallest absolute Gasteiger partial charge is 0.387 e. The van der Waals surface area contributed by atoms with Gasteiger partial charge in [-0.2, -0.15) is 8.78 Å². The van der Waals surface area contributed by atoms with Gasteiger partial charge < -0.3 is 9.47 Å². The number of benzene rings is 2. The van der Waals surface area contributed by atoms with Crippen LogP contribution in [0, 0.1) is 0 Å². The molecule has 2 heterocycles. The molecule has 0 saturated carbocycles. The van der Waals surface area contributed by atoms with E-state index >= 15 is 0 Å². The molecule has 1 atom stereocenters. The van der Waals surface area contributed by atoms with E-state index in [0.717, 1.165) is 5.56 Å². The molecule has 3 aromatic rings. The zero-order valence-electron chi connectivity index (χ0n) is 17.1. The van der Waals surface area contributed by atoms with Crippen LogP contribution in [-0.4, -0.2) is 24.3 Å². The average Bonchev–Trinajstić information content (AvgIpc) is 3.08. The second kappa shape index (κ2) is 8.88. The lowest BCUT2D eigenvalue weighted by Gasteiger charge is -2.24. The third-order valence-electron chi connectivity index (χ3n) is 4.95. The molecule has 6 nitrogen and oxygen atoms in total. The maximum Gasteiger partial charge on any atom is 0.387 e. The zero-order valence-corrected chi connectivity index (χ0v) is 17.9. The Morgan fingerprint density at radius 3 is 2.47 bits per heavy atom. The van der Waals surface area contributed by atoms with Crippen LogP contribution < -0.4 is 19.6 Å². The number of hydrogen-bond acceptors (Lipinski definition) is 6. The lowest BCUT2D eigenvalue weighted by atomic mass is 9.96. The first-order valence-electron chi connectivity index (χ1n) is 9.59. The van der Waals surface area contributed by atoms with Gasteiger partial charge in [0.1, 0.15) is 5.75 Å². The van der Waals surface area contributed by atoms with Crippen molar-refractivity contribution >= 4 is 23.4 Å². The van der Waals surface area contributed by atoms with Gasteiger partial charge in [0, 0.05) is 0 Å². The van der Waals surface area contributed by atoms with Crippen molar-refractivity contribution in [3.05, 3.63) is 96.7 Å². The van der Waals surface area contributed by atoms with Crippen LogP contribution in [0.1, 0.15) is 24.1 Å². The number of carbonyl (C=O) groups is 1. The molecule has 32 heavy (non-hydrogen) atoms. The standard InChI is InChI=1S/C23H18F2N2O4S/c1-13-18(21(29)30-2)19(15-6-4-3-5-7-15)27-20(28)17(32-23(27)26-13)12-14-8-10-16(11-9-14)31-22(24)25/h3-12,19,22H,1-2H3. The number of aromatic nitrogens is 1. The fourth-order valence-corrected chi connectivity index (χ4v) is 4.59. The quantitative estimate of drug-likeness (QED) is 0.554. The lowest BCUT2D eigenvalue weighted by Crippen LogP contribution is -2.39. The molecule has 1 unspecified atom stereocenters. The van der Waals surface area contributed by atoms with Gasteiger partial charge in [0.25, 0.3) is 5.56 Å². The molecule has 0 radical (unpaired) electrons. The highest BCUT2D eigenvalue weighted by atomic mass is 32.1. The van der Waals surface area contributed by atoms with E-state index in [2.05, 4.69) is 9.73 Å². The number of nitrogens with zero attached hydrogens (tertiary/aromatic N) is 2. The number of alkyl halides is 2. The topological polar surface area (TPSA) is 69.9 Å². The number of ether oxygens (including phenoxy) is 2. The molecule has 4 rings (SSSR count). The summed E-state index contributed by atoms with van der Waals surface area (Å²) in [7, 11) is 1.29. The number of fused-ring (bicyclic) bond motifs is 1. The summed E-state index contributed by atoms with van der Waals surface area (Å²) >= 11 is 1.19. The van der Waals surface area contributed by atoms with Gasteiger partial charge in [0.05, 0.1) is 29.0 Å². The molecule has 0 fully saturated rings. The maximum absolute atomic E-state index is 13.4. The number of carbonyl (C=O) groups excluding carboxylic acids is 1. The summed E-state index contributed by atoms with van der Waals surface area (Å²) in [6.07, 6.45) is 1.65. The summed E-state index contributed by atoms with van der Waals surface area (Å²) in [5, 5.41) is 0. The van der Waals surface area contributed by atoms with E-state index in [1.54, 1.807) is 25.1 Å². The Balaban J connectivity index is 1.85. The number of allylic oxidation sites excluding steroid dienone is 1. The lowest BCUT2D eigenvalue weighted by molar-refractivity contribution is -0.136. The molecule has 2 aromatic carbocycles. The van der Waals surface area contributed by atoms with Gasteiger partial charge in [0.2, 0.25) is 0 Å². The Hall–Kier alpha value is -3.59. The predicted molar refractivity (Wildman–Crippen MR) is 115 cm³/mol. The molecular formula is C23H18F2N2O4S. The van der Waals surface area contributed by atoms with Gasteiger partial charge in [-0.1, -0.05) is 53.8 Å². The molecule has 1 aliphatic rings. The van der Waals surface area contributed by atoms with E-state index in [0.29, 0.717) is 26.2 Å². The molecule has 0 amide bonds. The Labute approximate surface area is 185 Å². The van der Waals surface area contributed by atoms with Crippen molar-refractivity contribution < 1.29 is 23.0 Å². The Morgan fingerprint density at radius 2 is 1.84 bits per heavy atom. The second-order valence-corrected chi connectivity index (χ2v) is 7.94. The summed E-state index contributed by atoms with van der Waals surface area (Å²) in [5.41, 5.74) is 1.85. The zero-order chi connectivity index (χ0) is 22.8. The fourth-order valence-electron chi connectivity index (χ4n) is 3.54. The van der Waals surface area contributed by atoms with Crippen LogP contribution in [0.3, 0.4) is 0 Å². The summed E-state index contributed by atoms with van der Waals surface area (Å²) < 4.78 is 35.9. The van der Waals surface area contributed by atoms with Crippen molar-refractivity contribution in [2.75, 3.05) is 7.11 Å². The highest BCUT2D eigenvalue weighted by Crippen LogP contribution is 2.30. The largest absolute Gasteiger partial charge is 0.466 e. The molecule has 1 aliphatic heterocycles. The average molecular weight is 456 g/mol. The first-order chi connectivity index (χ1) is 15.4. The molecule has 0 saturated heterocycles. The predicted octanol–water partition coefficient (Wildman–Crippen LogP) is 3.01. The van der Waals surface area contributed by atoms with Crippen molar-refractivity contribution in [3.63, 3.8) is 0 Å². The monoisotopic (exact) mass is 456 g/mol. The molecule has 0 aliphatic carbocycles. The van der Waals surface area contributed by atoms with E-state index in [1.807, 2.05) is 30.3 Å². The third kappa shape index (κ3) is 4.11. The maximum atomic E-state index is 13.4. The van der Waals surface area contributed by atoms with Crippen LogP contribution in [0.2, 0.25) is 0 Å². The number of rotatable bonds is 5. The van der Waals surface area contributed by atoms with Crippen molar-refractivity contribution in [3.8, 4) is 5.75 Å². The molecular weight excluding hydrogens is 438 g/mol. The van der Waals surface area contributed by atoms with E-state index in [4.69, 9.17) is 4.74 Å². The van der Waals surface area contributed by atoms with Gasteiger partial charge in [-0.3, -0.25) is 9.36 Å². The van der Waals surface area contributed by atoms with Crippen molar-refractivity contribution in [2.24, 2.45) is 4.99 Å². The minimum absolute atomic E-state index is 0.0287. The van der Waals surface area contributed by atoms with Crippen LogP contribution in [-0.2, 0) is 9.53 Å². The Bertz CT molecular complexity index is 1360. The van der Waals surface area contributed by atoms with Crippen molar-refractivity contribution in [2.45, 2.75) is 19.6 Å². The van der Waals surface area contributed by atoms with Crippen LogP contribution in [0.15, 0.2) is 75.7 Å². The third-order valence-corrected chi connectivity index (χ3v) is 5.93. The van der Waals surface area contributed by atoms with E-state index < -0.39 is 18.6 Å². The number of methoxy groups -OCH3 is 1. The SMILES string of the molecule is COC(=O)C1=C(C)N=c2sc(=Cc3ccc(OC(F)F)cc3)c(=O)n2C1c1ccccc1. The summed E-state index contributed by atoms with van der Waals surface area (Å²) in [4.78, 5) is 30.9. The van der Waals surface area contributed by atoms with Gasteiger partial charge in [-0.25, -0.2) is 9.79 Å². The van der Waals surface area contributed by atoms with Crippen LogP contribution >= 0.6 is 11.3 Å². The van der Waals surface area contributed by atoms with E-state index in [1.165, 1.54) is 35.1 Å². The molecule has 0 N–H and O–H groups in total. The molecule has 164 valence electrons. The summed E-state index contributed by atoms with van der Waals surface area (Å²) in [6.45, 7) is -1.20.